The maximum absolute atomic E-state index is 13.4. The first-order valence-corrected chi connectivity index (χ1v) is 6.41. The monoisotopic (exact) mass is 288 g/mol. The molecule has 0 spiro atoms. The van der Waals surface area contributed by atoms with E-state index in [4.69, 9.17) is 28.6 Å². The minimum Gasteiger partial charge on any atom is -0.385 e. The highest BCUT2D eigenvalue weighted by Gasteiger charge is 2.13. The molecule has 1 heterocycles. The van der Waals surface area contributed by atoms with Crippen LogP contribution in [0.3, 0.4) is 0 Å². The maximum Gasteiger partial charge on any atom is 0.178 e. The Morgan fingerprint density at radius 3 is 2.94 bits per heavy atom. The summed E-state index contributed by atoms with van der Waals surface area (Å²) in [5.41, 5.74) is 1.47. The minimum absolute atomic E-state index is 0.101. The number of fused-ring (bicyclic) bond motifs is 1. The van der Waals surface area contributed by atoms with E-state index < -0.39 is 5.82 Å². The van der Waals surface area contributed by atoms with Crippen LogP contribution in [-0.2, 0) is 4.74 Å². The number of H-pyrrole nitrogens is 1. The summed E-state index contributed by atoms with van der Waals surface area (Å²) in [6.07, 6.45) is 0.826. The lowest BCUT2D eigenvalue weighted by Gasteiger charge is -2.14. The molecule has 0 bridgehead atoms. The SMILES string of the molecule is COCCC(C)n1c(=S)[nH]c2cc(F)c(Cl)cc21. The number of hydrogen-bond acceptors (Lipinski definition) is 2. The molecule has 0 aliphatic rings. The van der Waals surface area contributed by atoms with E-state index in [1.54, 1.807) is 13.2 Å². The molecule has 0 saturated carbocycles. The van der Waals surface area contributed by atoms with Crippen molar-refractivity contribution >= 4 is 34.9 Å². The summed E-state index contributed by atoms with van der Waals surface area (Å²) in [5, 5.41) is 0.101. The molecule has 1 unspecified atom stereocenters. The number of nitrogens with one attached hydrogen (secondary N) is 1. The molecule has 0 amide bonds. The van der Waals surface area contributed by atoms with Gasteiger partial charge in [0.05, 0.1) is 16.1 Å². The molecule has 1 N–H and O–H groups in total. The maximum atomic E-state index is 13.4. The minimum atomic E-state index is -0.447. The molecule has 0 saturated heterocycles. The van der Waals surface area contributed by atoms with Crippen LogP contribution < -0.4 is 0 Å². The van der Waals surface area contributed by atoms with Crippen LogP contribution in [0.5, 0.6) is 0 Å². The number of rotatable bonds is 4. The molecule has 0 fully saturated rings. The molecule has 1 atom stereocenters. The van der Waals surface area contributed by atoms with Crippen molar-refractivity contribution in [2.45, 2.75) is 19.4 Å². The van der Waals surface area contributed by atoms with Gasteiger partial charge in [-0.2, -0.15) is 0 Å². The van der Waals surface area contributed by atoms with Crippen LogP contribution in [0.2, 0.25) is 5.02 Å². The van der Waals surface area contributed by atoms with Gasteiger partial charge in [0, 0.05) is 25.8 Å². The van der Waals surface area contributed by atoms with Crippen LogP contribution in [0.4, 0.5) is 4.39 Å². The van der Waals surface area contributed by atoms with Crippen LogP contribution in [-0.4, -0.2) is 23.3 Å². The second kappa shape index (κ2) is 5.38. The molecule has 0 radical (unpaired) electrons. The van der Waals surface area contributed by atoms with Crippen molar-refractivity contribution in [2.75, 3.05) is 13.7 Å². The standard InChI is InChI=1S/C12H14ClFN2OS/c1-7(3-4-17-2)16-11-5-8(13)9(14)6-10(11)15-12(16)18/h5-7H,3-4H2,1-2H3,(H,15,18). The van der Waals surface area contributed by atoms with E-state index in [-0.39, 0.29) is 11.1 Å². The highest BCUT2D eigenvalue weighted by Crippen LogP contribution is 2.26. The zero-order chi connectivity index (χ0) is 13.3. The molecule has 1 aromatic carbocycles. The topological polar surface area (TPSA) is 29.9 Å². The lowest BCUT2D eigenvalue weighted by molar-refractivity contribution is 0.181. The van der Waals surface area contributed by atoms with Crippen LogP contribution in [0, 0.1) is 10.6 Å². The van der Waals surface area contributed by atoms with E-state index >= 15 is 0 Å². The van der Waals surface area contributed by atoms with Gasteiger partial charge in [-0.3, -0.25) is 0 Å². The molecule has 6 heteroatoms. The van der Waals surface area contributed by atoms with Gasteiger partial charge in [0.15, 0.2) is 4.77 Å². The van der Waals surface area contributed by atoms with Crippen molar-refractivity contribution in [1.82, 2.24) is 9.55 Å². The third-order valence-corrected chi connectivity index (χ3v) is 3.53. The summed E-state index contributed by atoms with van der Waals surface area (Å²) in [6.45, 7) is 2.68. The van der Waals surface area contributed by atoms with Crippen molar-refractivity contribution in [3.63, 3.8) is 0 Å². The van der Waals surface area contributed by atoms with Crippen LogP contribution in [0.1, 0.15) is 19.4 Å². The molecular weight excluding hydrogens is 275 g/mol. The lowest BCUT2D eigenvalue weighted by Crippen LogP contribution is -2.07. The van der Waals surface area contributed by atoms with Gasteiger partial charge in [0.1, 0.15) is 5.82 Å². The van der Waals surface area contributed by atoms with Crippen molar-refractivity contribution in [3.05, 3.63) is 27.7 Å². The van der Waals surface area contributed by atoms with E-state index in [0.717, 1.165) is 11.9 Å². The predicted octanol–water partition coefficient (Wildman–Crippen LogP) is 4.09. The fourth-order valence-electron chi connectivity index (χ4n) is 1.98. The number of imidazole rings is 1. The fraction of sp³-hybridized carbons (Fsp3) is 0.417. The Kier molecular flexibility index (Phi) is 4.04. The average molecular weight is 289 g/mol. The normalized spacial score (nSPS) is 13.1. The fourth-order valence-corrected chi connectivity index (χ4v) is 2.52. The third kappa shape index (κ3) is 2.43. The summed E-state index contributed by atoms with van der Waals surface area (Å²) < 4.78 is 20.9. The number of methoxy groups -OCH3 is 1. The van der Waals surface area contributed by atoms with E-state index in [2.05, 4.69) is 4.98 Å². The Morgan fingerprint density at radius 1 is 1.56 bits per heavy atom. The third-order valence-electron chi connectivity index (χ3n) is 2.94. The summed E-state index contributed by atoms with van der Waals surface area (Å²) >= 11 is 11.1. The van der Waals surface area contributed by atoms with Crippen LogP contribution >= 0.6 is 23.8 Å². The van der Waals surface area contributed by atoms with E-state index in [1.165, 1.54) is 6.07 Å². The molecule has 0 aliphatic carbocycles. The van der Waals surface area contributed by atoms with Gasteiger partial charge in [-0.25, -0.2) is 4.39 Å². The van der Waals surface area contributed by atoms with Gasteiger partial charge in [-0.05, 0) is 31.6 Å². The summed E-state index contributed by atoms with van der Waals surface area (Å²) in [5.74, 6) is -0.447. The van der Waals surface area contributed by atoms with E-state index in [9.17, 15) is 4.39 Å². The Hall–Kier alpha value is -0.910. The van der Waals surface area contributed by atoms with Crippen molar-refractivity contribution in [3.8, 4) is 0 Å². The molecule has 1 aromatic heterocycles. The lowest BCUT2D eigenvalue weighted by atomic mass is 10.2. The quantitative estimate of drug-likeness (QED) is 0.859. The smallest absolute Gasteiger partial charge is 0.178 e. The van der Waals surface area contributed by atoms with Gasteiger partial charge in [-0.15, -0.1) is 0 Å². The Morgan fingerprint density at radius 2 is 2.28 bits per heavy atom. The molecule has 98 valence electrons. The summed E-state index contributed by atoms with van der Waals surface area (Å²) in [7, 11) is 1.66. The molecule has 2 rings (SSSR count). The van der Waals surface area contributed by atoms with Crippen molar-refractivity contribution in [1.29, 1.82) is 0 Å². The molecule has 2 aromatic rings. The average Bonchev–Trinajstić information content (AvgIpc) is 2.62. The predicted molar refractivity (Wildman–Crippen MR) is 73.3 cm³/mol. The highest BCUT2D eigenvalue weighted by atomic mass is 35.5. The number of benzene rings is 1. The second-order valence-corrected chi connectivity index (χ2v) is 5.01. The van der Waals surface area contributed by atoms with Crippen molar-refractivity contribution < 1.29 is 9.13 Å². The zero-order valence-corrected chi connectivity index (χ0v) is 11.7. The van der Waals surface area contributed by atoms with E-state index in [0.29, 0.717) is 16.9 Å². The second-order valence-electron chi connectivity index (χ2n) is 4.21. The zero-order valence-electron chi connectivity index (χ0n) is 10.2. The molecule has 0 aliphatic heterocycles. The molecular formula is C12H14ClFN2OS. The highest BCUT2D eigenvalue weighted by molar-refractivity contribution is 7.71. The number of aromatic nitrogens is 2. The van der Waals surface area contributed by atoms with Crippen LogP contribution in [0.25, 0.3) is 11.0 Å². The first-order chi connectivity index (χ1) is 8.54. The number of nitrogens with zero attached hydrogens (tertiary/aromatic N) is 1. The Bertz CT molecular complexity index is 622. The van der Waals surface area contributed by atoms with Gasteiger partial charge in [0.25, 0.3) is 0 Å². The number of halogens is 2. The van der Waals surface area contributed by atoms with Crippen LogP contribution in [0.15, 0.2) is 12.1 Å². The van der Waals surface area contributed by atoms with Crippen molar-refractivity contribution in [2.24, 2.45) is 0 Å². The van der Waals surface area contributed by atoms with Gasteiger partial charge in [-0.1, -0.05) is 11.6 Å². The first-order valence-electron chi connectivity index (χ1n) is 5.62. The van der Waals surface area contributed by atoms with Gasteiger partial charge >= 0.3 is 0 Å². The summed E-state index contributed by atoms with van der Waals surface area (Å²) in [4.78, 5) is 2.99. The van der Waals surface area contributed by atoms with Gasteiger partial charge < -0.3 is 14.3 Å². The first kappa shape index (κ1) is 13.5. The number of aromatic amines is 1. The molecule has 3 nitrogen and oxygen atoms in total. The Balaban J connectivity index is 2.53. The molecule has 18 heavy (non-hydrogen) atoms. The largest absolute Gasteiger partial charge is 0.385 e. The number of ether oxygens (including phenoxy) is 1. The Labute approximate surface area is 115 Å². The van der Waals surface area contributed by atoms with E-state index in [1.807, 2.05) is 11.5 Å². The summed E-state index contributed by atoms with van der Waals surface area (Å²) in [6, 6.07) is 3.13. The van der Waals surface area contributed by atoms with Gasteiger partial charge in [0.2, 0.25) is 0 Å². The number of hydrogen-bond donors (Lipinski definition) is 1.